The topological polar surface area (TPSA) is 57.5 Å². The maximum absolute atomic E-state index is 9.31. The average Bonchev–Trinajstić information content (AvgIpc) is 0.722. The molecule has 0 aliphatic heterocycles. The molecule has 3 nitrogen and oxygen atoms in total. The van der Waals surface area contributed by atoms with Crippen molar-refractivity contribution in [1.82, 2.24) is 0 Å². The summed E-state index contributed by atoms with van der Waals surface area (Å²) in [6.45, 7) is 0. The standard InChI is InChI=1S/HO3P.Pt/c1-4(2)3;/h(H-,1,2,3);/q;-1/p+1. The van der Waals surface area contributed by atoms with Crippen LogP contribution in [0.3, 0.4) is 0 Å². The third kappa shape index (κ3) is 55.5. The third-order valence-corrected chi connectivity index (χ3v) is 0. The van der Waals surface area contributed by atoms with Crippen molar-refractivity contribution in [3.8, 4) is 0 Å². The van der Waals surface area contributed by atoms with Gasteiger partial charge in [0.1, 0.15) is 0 Å². The third-order valence-electron chi connectivity index (χ3n) is 0. The van der Waals surface area contributed by atoms with Crippen molar-refractivity contribution in [2.24, 2.45) is 0 Å². The molecule has 35 valence electrons. The monoisotopic (exact) mass is 276 g/mol. The first-order valence-corrected chi connectivity index (χ1v) is 5.22. The molecular formula is H2O3PPt. The van der Waals surface area contributed by atoms with Gasteiger partial charge in [-0.3, -0.25) is 0 Å². The quantitative estimate of drug-likeness (QED) is 0.593. The molecule has 0 aromatic heterocycles. The van der Waals surface area contributed by atoms with E-state index in [0.29, 0.717) is 0 Å². The van der Waals surface area contributed by atoms with Gasteiger partial charge in [-0.1, -0.05) is 0 Å². The molecule has 0 aliphatic rings. The van der Waals surface area contributed by atoms with Crippen molar-refractivity contribution in [3.63, 3.8) is 0 Å². The molecule has 0 saturated carbocycles. The Morgan fingerprint density at radius 2 is 1.60 bits per heavy atom. The Labute approximate surface area is 39.9 Å². The summed E-state index contributed by atoms with van der Waals surface area (Å²) in [5.74, 6) is 0. The summed E-state index contributed by atoms with van der Waals surface area (Å²) >= 11 is 1.03. The molecule has 0 aromatic carbocycles. The molecule has 0 aliphatic carbocycles. The van der Waals surface area contributed by atoms with E-state index in [1.165, 1.54) is 0 Å². The molecule has 2 N–H and O–H groups in total. The van der Waals surface area contributed by atoms with Gasteiger partial charge in [0.15, 0.2) is 0 Å². The van der Waals surface area contributed by atoms with Crippen LogP contribution in [0.15, 0.2) is 0 Å². The Morgan fingerprint density at radius 3 is 1.60 bits per heavy atom. The van der Waals surface area contributed by atoms with Crippen LogP contribution < -0.4 is 0 Å². The number of rotatable bonds is 0. The summed E-state index contributed by atoms with van der Waals surface area (Å²) in [5.41, 5.74) is -3.67. The summed E-state index contributed by atoms with van der Waals surface area (Å²) in [5, 5.41) is 0. The van der Waals surface area contributed by atoms with E-state index in [1.54, 1.807) is 0 Å². The Kier molecular flexibility index (Phi) is 1.78. The van der Waals surface area contributed by atoms with Gasteiger partial charge in [-0.15, -0.1) is 0 Å². The maximum atomic E-state index is 9.31. The van der Waals surface area contributed by atoms with Gasteiger partial charge in [0, 0.05) is 0 Å². The SMILES string of the molecule is O=[P](O)(O)[Pt]. The van der Waals surface area contributed by atoms with Crippen molar-refractivity contribution < 1.29 is 33.7 Å². The van der Waals surface area contributed by atoms with Crippen LogP contribution in [0.1, 0.15) is 0 Å². The van der Waals surface area contributed by atoms with Crippen LogP contribution in [0, 0.1) is 0 Å². The van der Waals surface area contributed by atoms with Crippen LogP contribution in [0.25, 0.3) is 0 Å². The summed E-state index contributed by atoms with van der Waals surface area (Å²) in [6, 6.07) is 0. The molecule has 0 spiro atoms. The van der Waals surface area contributed by atoms with E-state index in [0.717, 1.165) is 19.3 Å². The first-order valence-electron chi connectivity index (χ1n) is 0.724. The molecule has 5 heavy (non-hydrogen) atoms. The second-order valence-electron chi connectivity index (χ2n) is 0.437. The first kappa shape index (κ1) is 5.84. The van der Waals surface area contributed by atoms with Gasteiger partial charge < -0.3 is 0 Å². The Balaban J connectivity index is 3.47. The summed E-state index contributed by atoms with van der Waals surface area (Å²) < 4.78 is 9.31. The van der Waals surface area contributed by atoms with Gasteiger partial charge in [-0.25, -0.2) is 0 Å². The second kappa shape index (κ2) is 1.52. The second-order valence-corrected chi connectivity index (χ2v) is 5.28. The molecule has 0 heterocycles. The molecule has 0 amide bonds. The fraction of sp³-hybridized carbons (Fsp3) is 0. The fourth-order valence-electron chi connectivity index (χ4n) is 0. The number of hydrogen-bond donors (Lipinski definition) is 2. The molecule has 0 aromatic rings. The van der Waals surface area contributed by atoms with E-state index < -0.39 is 5.69 Å². The first-order chi connectivity index (χ1) is 2.00. The van der Waals surface area contributed by atoms with E-state index in [-0.39, 0.29) is 0 Å². The molecule has 0 atom stereocenters. The van der Waals surface area contributed by atoms with Gasteiger partial charge in [0.25, 0.3) is 0 Å². The van der Waals surface area contributed by atoms with Gasteiger partial charge >= 0.3 is 39.3 Å². The van der Waals surface area contributed by atoms with E-state index in [9.17, 15) is 4.57 Å². The van der Waals surface area contributed by atoms with E-state index >= 15 is 0 Å². The summed E-state index contributed by atoms with van der Waals surface area (Å²) in [4.78, 5) is 15.2. The van der Waals surface area contributed by atoms with Crippen LogP contribution in [0.2, 0.25) is 0 Å². The molecule has 0 unspecified atom stereocenters. The average molecular weight is 276 g/mol. The van der Waals surface area contributed by atoms with E-state index in [2.05, 4.69) is 0 Å². The van der Waals surface area contributed by atoms with Crippen LogP contribution in [0.5, 0.6) is 0 Å². The normalized spacial score (nSPS) is 12.0. The van der Waals surface area contributed by atoms with Crippen LogP contribution in [-0.2, 0) is 23.9 Å². The predicted octanol–water partition coefficient (Wildman–Crippen LogP) is -0.374. The Hall–Kier alpha value is 0.838. The summed E-state index contributed by atoms with van der Waals surface area (Å²) in [7, 11) is 0. The summed E-state index contributed by atoms with van der Waals surface area (Å²) in [6.07, 6.45) is 0. The predicted molar refractivity (Wildman–Crippen MR) is 12.0 cm³/mol. The van der Waals surface area contributed by atoms with Crippen LogP contribution in [-0.4, -0.2) is 9.79 Å². The van der Waals surface area contributed by atoms with Crippen molar-refractivity contribution in [3.05, 3.63) is 0 Å². The van der Waals surface area contributed by atoms with Crippen molar-refractivity contribution >= 4 is 5.69 Å². The minimum atomic E-state index is -3.67. The fourth-order valence-corrected chi connectivity index (χ4v) is 0. The van der Waals surface area contributed by atoms with Crippen molar-refractivity contribution in [2.45, 2.75) is 0 Å². The Bertz CT molecular complexity index is 53.0. The molecule has 0 fully saturated rings. The molecular weight excluding hydrogens is 274 g/mol. The molecule has 0 saturated heterocycles. The molecule has 0 radical (unpaired) electrons. The molecule has 0 rings (SSSR count). The van der Waals surface area contributed by atoms with Crippen molar-refractivity contribution in [2.75, 3.05) is 0 Å². The zero-order valence-electron chi connectivity index (χ0n) is 2.07. The van der Waals surface area contributed by atoms with Crippen molar-refractivity contribution in [1.29, 1.82) is 0 Å². The van der Waals surface area contributed by atoms with Gasteiger partial charge in [0.05, 0.1) is 0 Å². The molecule has 0 bridgehead atoms. The van der Waals surface area contributed by atoms with Gasteiger partial charge in [-0.05, 0) is 0 Å². The van der Waals surface area contributed by atoms with Gasteiger partial charge in [0.2, 0.25) is 0 Å². The zero-order valence-corrected chi connectivity index (χ0v) is 5.23. The van der Waals surface area contributed by atoms with E-state index in [1.807, 2.05) is 0 Å². The Morgan fingerprint density at radius 1 is 1.60 bits per heavy atom. The zero-order chi connectivity index (χ0) is 4.50. The van der Waals surface area contributed by atoms with Crippen LogP contribution >= 0.6 is 5.69 Å². The van der Waals surface area contributed by atoms with Crippen LogP contribution in [0.4, 0.5) is 0 Å². The van der Waals surface area contributed by atoms with Gasteiger partial charge in [-0.2, -0.15) is 0 Å². The molecule has 5 heteroatoms. The minimum absolute atomic E-state index is 1.03. The van der Waals surface area contributed by atoms with E-state index in [4.69, 9.17) is 9.79 Å². The number of hydrogen-bond acceptors (Lipinski definition) is 1.